The molecule has 1 aliphatic rings. The first-order valence-corrected chi connectivity index (χ1v) is 8.56. The fraction of sp³-hybridized carbons (Fsp3) is 0.500. The van der Waals surface area contributed by atoms with Crippen LogP contribution in [0.15, 0.2) is 12.1 Å². The van der Waals surface area contributed by atoms with Crippen LogP contribution in [-0.4, -0.2) is 41.7 Å². The number of benzene rings is 1. The van der Waals surface area contributed by atoms with Gasteiger partial charge in [-0.25, -0.2) is 4.79 Å². The normalized spacial score (nSPS) is 23.6. The smallest absolute Gasteiger partial charge is 0.342 e. The third-order valence-electron chi connectivity index (χ3n) is 3.44. The van der Waals surface area contributed by atoms with Crippen molar-refractivity contribution >= 4 is 51.2 Å². The van der Waals surface area contributed by atoms with Gasteiger partial charge < -0.3 is 14.7 Å². The van der Waals surface area contributed by atoms with Crippen LogP contribution in [0.3, 0.4) is 0 Å². The summed E-state index contributed by atoms with van der Waals surface area (Å²) in [6.07, 6.45) is 1.86. The van der Waals surface area contributed by atoms with Gasteiger partial charge in [-0.1, -0.05) is 0 Å². The summed E-state index contributed by atoms with van der Waals surface area (Å²) in [7, 11) is 2.02. The summed E-state index contributed by atoms with van der Waals surface area (Å²) < 4.78 is 7.24. The first kappa shape index (κ1) is 16.3. The molecule has 0 aliphatic carbocycles. The molecule has 110 valence electrons. The fourth-order valence-electron chi connectivity index (χ4n) is 2.54. The van der Waals surface area contributed by atoms with E-state index in [0.717, 1.165) is 29.5 Å². The van der Waals surface area contributed by atoms with Crippen molar-refractivity contribution in [1.29, 1.82) is 0 Å². The first-order chi connectivity index (χ1) is 9.31. The summed E-state index contributed by atoms with van der Waals surface area (Å²) in [5.74, 6) is -0.444. The summed E-state index contributed by atoms with van der Waals surface area (Å²) >= 11 is 4.14. The van der Waals surface area contributed by atoms with E-state index in [2.05, 4.69) is 27.5 Å². The zero-order valence-electron chi connectivity index (χ0n) is 11.4. The summed E-state index contributed by atoms with van der Waals surface area (Å²) in [6.45, 7) is 3.70. The second-order valence-corrected chi connectivity index (χ2v) is 7.87. The standard InChI is InChI=1S/C14H17I2NO3/c1-14(4-3-5-17(2)8-14)20-13(19)10-6-9(15)7-11(16)12(10)18/h6-7,18H,3-5,8H2,1-2H3. The topological polar surface area (TPSA) is 49.8 Å². The molecule has 1 heterocycles. The molecule has 1 aromatic carbocycles. The van der Waals surface area contributed by atoms with Crippen molar-refractivity contribution in [3.63, 3.8) is 0 Å². The van der Waals surface area contributed by atoms with E-state index in [1.165, 1.54) is 0 Å². The van der Waals surface area contributed by atoms with Gasteiger partial charge in [-0.3, -0.25) is 0 Å². The van der Waals surface area contributed by atoms with E-state index in [0.29, 0.717) is 3.57 Å². The van der Waals surface area contributed by atoms with E-state index in [-0.39, 0.29) is 11.3 Å². The van der Waals surface area contributed by atoms with E-state index in [1.54, 1.807) is 6.07 Å². The van der Waals surface area contributed by atoms with Crippen molar-refractivity contribution < 1.29 is 14.6 Å². The Kier molecular flexibility index (Phi) is 5.17. The van der Waals surface area contributed by atoms with Gasteiger partial charge in [-0.05, 0) is 90.7 Å². The van der Waals surface area contributed by atoms with E-state index in [1.807, 2.05) is 42.6 Å². The van der Waals surface area contributed by atoms with Gasteiger partial charge in [0, 0.05) is 10.1 Å². The Morgan fingerprint density at radius 2 is 2.15 bits per heavy atom. The lowest BCUT2D eigenvalue weighted by Gasteiger charge is -2.38. The lowest BCUT2D eigenvalue weighted by atomic mass is 9.95. The second-order valence-electron chi connectivity index (χ2n) is 5.46. The molecule has 1 aliphatic heterocycles. The van der Waals surface area contributed by atoms with E-state index in [4.69, 9.17) is 4.74 Å². The number of piperidine rings is 1. The number of likely N-dealkylation sites (N-methyl/N-ethyl adjacent to an activating group) is 1. The molecule has 1 aromatic rings. The molecule has 2 rings (SSSR count). The van der Waals surface area contributed by atoms with Crippen LogP contribution in [0.25, 0.3) is 0 Å². The molecule has 1 fully saturated rings. The first-order valence-electron chi connectivity index (χ1n) is 6.41. The van der Waals surface area contributed by atoms with Crippen LogP contribution in [0.5, 0.6) is 5.75 Å². The molecule has 6 heteroatoms. The minimum absolute atomic E-state index is 0.00350. The number of aromatic hydroxyl groups is 1. The summed E-state index contributed by atoms with van der Waals surface area (Å²) in [4.78, 5) is 14.5. The number of carbonyl (C=O) groups excluding carboxylic acids is 1. The van der Waals surface area contributed by atoms with Gasteiger partial charge in [-0.15, -0.1) is 0 Å². The van der Waals surface area contributed by atoms with Crippen LogP contribution >= 0.6 is 45.2 Å². The maximum atomic E-state index is 12.3. The SMILES string of the molecule is CN1CCCC(C)(OC(=O)c2cc(I)cc(I)c2O)C1. The highest BCUT2D eigenvalue weighted by atomic mass is 127. The monoisotopic (exact) mass is 501 g/mol. The molecule has 1 N–H and O–H groups in total. The van der Waals surface area contributed by atoms with Crippen LogP contribution in [0.4, 0.5) is 0 Å². The number of hydrogen-bond acceptors (Lipinski definition) is 4. The van der Waals surface area contributed by atoms with Crippen LogP contribution in [0.2, 0.25) is 0 Å². The Labute approximate surface area is 146 Å². The molecule has 0 bridgehead atoms. The highest BCUT2D eigenvalue weighted by Gasteiger charge is 2.34. The average molecular weight is 501 g/mol. The quantitative estimate of drug-likeness (QED) is 0.500. The van der Waals surface area contributed by atoms with Crippen molar-refractivity contribution in [2.75, 3.05) is 20.1 Å². The lowest BCUT2D eigenvalue weighted by molar-refractivity contribution is -0.0418. The Morgan fingerprint density at radius 3 is 2.80 bits per heavy atom. The molecule has 1 atom stereocenters. The number of phenols is 1. The highest BCUT2D eigenvalue weighted by molar-refractivity contribution is 14.1. The van der Waals surface area contributed by atoms with Crippen molar-refractivity contribution in [1.82, 2.24) is 4.90 Å². The number of carbonyl (C=O) groups is 1. The molecular weight excluding hydrogens is 484 g/mol. The number of nitrogens with zero attached hydrogens (tertiary/aromatic N) is 1. The van der Waals surface area contributed by atoms with Crippen molar-refractivity contribution in [2.45, 2.75) is 25.4 Å². The van der Waals surface area contributed by atoms with Gasteiger partial charge in [-0.2, -0.15) is 0 Å². The molecule has 1 saturated heterocycles. The predicted molar refractivity (Wildman–Crippen MR) is 94.1 cm³/mol. The van der Waals surface area contributed by atoms with Crippen molar-refractivity contribution in [3.8, 4) is 5.75 Å². The van der Waals surface area contributed by atoms with Gasteiger partial charge in [0.25, 0.3) is 0 Å². The zero-order valence-corrected chi connectivity index (χ0v) is 15.8. The third-order valence-corrected chi connectivity index (χ3v) is 4.88. The van der Waals surface area contributed by atoms with Crippen LogP contribution in [-0.2, 0) is 4.74 Å². The summed E-state index contributed by atoms with van der Waals surface area (Å²) in [5, 5.41) is 10.0. The Hall–Kier alpha value is -0.0900. The minimum Gasteiger partial charge on any atom is -0.506 e. The Morgan fingerprint density at radius 1 is 1.45 bits per heavy atom. The molecule has 1 unspecified atom stereocenters. The number of halogens is 2. The van der Waals surface area contributed by atoms with Crippen molar-refractivity contribution in [2.24, 2.45) is 0 Å². The largest absolute Gasteiger partial charge is 0.506 e. The number of ether oxygens (including phenoxy) is 1. The maximum Gasteiger partial charge on any atom is 0.342 e. The molecule has 20 heavy (non-hydrogen) atoms. The molecular formula is C14H17I2NO3. The lowest BCUT2D eigenvalue weighted by Crippen LogP contribution is -2.47. The minimum atomic E-state index is -0.483. The third kappa shape index (κ3) is 3.76. The molecule has 0 saturated carbocycles. The predicted octanol–water partition coefficient (Wildman–Crippen LogP) is 3.24. The van der Waals surface area contributed by atoms with Gasteiger partial charge in [0.15, 0.2) is 0 Å². The average Bonchev–Trinajstić information content (AvgIpc) is 2.32. The summed E-state index contributed by atoms with van der Waals surface area (Å²) in [6, 6.07) is 3.49. The Balaban J connectivity index is 2.20. The fourth-order valence-corrected chi connectivity index (χ4v) is 4.38. The van der Waals surface area contributed by atoms with Crippen LogP contribution in [0, 0.1) is 7.14 Å². The second kappa shape index (κ2) is 6.35. The van der Waals surface area contributed by atoms with Crippen LogP contribution < -0.4 is 0 Å². The number of hydrogen-bond donors (Lipinski definition) is 1. The molecule has 0 spiro atoms. The van der Waals surface area contributed by atoms with Crippen molar-refractivity contribution in [3.05, 3.63) is 24.8 Å². The van der Waals surface area contributed by atoms with E-state index < -0.39 is 11.6 Å². The number of phenolic OH excluding ortho intramolecular Hbond substituents is 1. The Bertz CT molecular complexity index is 535. The van der Waals surface area contributed by atoms with Crippen LogP contribution in [0.1, 0.15) is 30.1 Å². The van der Waals surface area contributed by atoms with Gasteiger partial charge in [0.1, 0.15) is 16.9 Å². The molecule has 0 aromatic heterocycles. The van der Waals surface area contributed by atoms with Gasteiger partial charge in [0.05, 0.1) is 3.57 Å². The highest BCUT2D eigenvalue weighted by Crippen LogP contribution is 2.30. The van der Waals surface area contributed by atoms with E-state index >= 15 is 0 Å². The summed E-state index contributed by atoms with van der Waals surface area (Å²) in [5.41, 5.74) is -0.237. The van der Waals surface area contributed by atoms with Gasteiger partial charge in [0.2, 0.25) is 0 Å². The number of likely N-dealkylation sites (tertiary alicyclic amines) is 1. The number of rotatable bonds is 2. The van der Waals surface area contributed by atoms with E-state index in [9.17, 15) is 9.90 Å². The molecule has 4 nitrogen and oxygen atoms in total. The maximum absolute atomic E-state index is 12.3. The number of esters is 1. The molecule has 0 amide bonds. The molecule has 0 radical (unpaired) electrons. The zero-order chi connectivity index (χ0) is 14.9. The van der Waals surface area contributed by atoms with Gasteiger partial charge >= 0.3 is 5.97 Å².